The zero-order chi connectivity index (χ0) is 18.9. The zero-order valence-corrected chi connectivity index (χ0v) is 16.9. The molecule has 4 rings (SSSR count). The van der Waals surface area contributed by atoms with Crippen LogP contribution in [0.4, 0.5) is 0 Å². The van der Waals surface area contributed by atoms with Gasteiger partial charge in [0.2, 0.25) is 0 Å². The van der Waals surface area contributed by atoms with E-state index in [1.807, 2.05) is 0 Å². The third-order valence-electron chi connectivity index (χ3n) is 6.07. The third kappa shape index (κ3) is 4.50. The molecule has 2 aliphatic heterocycles. The summed E-state index contributed by atoms with van der Waals surface area (Å²) < 4.78 is 11.2. The van der Waals surface area contributed by atoms with E-state index in [4.69, 9.17) is 14.5 Å². The first-order valence-corrected chi connectivity index (χ1v) is 10.3. The molecule has 0 radical (unpaired) electrons. The number of nitrogens with zero attached hydrogens (tertiary/aromatic N) is 2. The summed E-state index contributed by atoms with van der Waals surface area (Å²) in [6, 6.07) is 11.2. The number of likely N-dealkylation sites (tertiary alicyclic amines) is 1. The fraction of sp³-hybridized carbons (Fsp3) is 0.609. The van der Waals surface area contributed by atoms with Crippen LogP contribution in [0.25, 0.3) is 10.9 Å². The van der Waals surface area contributed by atoms with Gasteiger partial charge in [-0.3, -0.25) is 9.88 Å². The molecule has 0 bridgehead atoms. The highest BCUT2D eigenvalue weighted by Crippen LogP contribution is 2.35. The molecule has 2 fully saturated rings. The largest absolute Gasteiger partial charge is 0.384 e. The minimum atomic E-state index is -0.0419. The summed E-state index contributed by atoms with van der Waals surface area (Å²) in [5.41, 5.74) is 3.66. The van der Waals surface area contributed by atoms with Crippen LogP contribution in [-0.2, 0) is 16.0 Å². The Morgan fingerprint density at radius 2 is 2.11 bits per heavy atom. The van der Waals surface area contributed by atoms with Gasteiger partial charge in [0, 0.05) is 43.8 Å². The van der Waals surface area contributed by atoms with Crippen molar-refractivity contribution in [1.29, 1.82) is 0 Å². The summed E-state index contributed by atoms with van der Waals surface area (Å²) in [6.45, 7) is 9.40. The molecule has 0 saturated carbocycles. The molecule has 27 heavy (non-hydrogen) atoms. The van der Waals surface area contributed by atoms with Crippen LogP contribution in [-0.4, -0.2) is 48.9 Å². The second-order valence-corrected chi connectivity index (χ2v) is 8.91. The highest BCUT2D eigenvalue weighted by molar-refractivity contribution is 5.79. The molecule has 4 heteroatoms. The van der Waals surface area contributed by atoms with Gasteiger partial charge in [-0.05, 0) is 69.3 Å². The van der Waals surface area contributed by atoms with Crippen LogP contribution >= 0.6 is 0 Å². The normalized spacial score (nSPS) is 25.9. The molecule has 2 aromatic rings. The Labute approximate surface area is 162 Å². The van der Waals surface area contributed by atoms with Gasteiger partial charge in [-0.1, -0.05) is 12.1 Å². The topological polar surface area (TPSA) is 34.6 Å². The lowest BCUT2D eigenvalue weighted by Gasteiger charge is -2.35. The van der Waals surface area contributed by atoms with E-state index in [9.17, 15) is 0 Å². The summed E-state index contributed by atoms with van der Waals surface area (Å²) in [7, 11) is 1.80. The minimum Gasteiger partial charge on any atom is -0.384 e. The van der Waals surface area contributed by atoms with Crippen molar-refractivity contribution in [3.05, 3.63) is 41.6 Å². The fourth-order valence-corrected chi connectivity index (χ4v) is 4.69. The predicted octanol–water partition coefficient (Wildman–Crippen LogP) is 4.38. The molecule has 146 valence electrons. The lowest BCUT2D eigenvalue weighted by Crippen LogP contribution is -2.33. The Morgan fingerprint density at radius 1 is 1.22 bits per heavy atom. The van der Waals surface area contributed by atoms with Crippen molar-refractivity contribution in [3.63, 3.8) is 0 Å². The second kappa shape index (κ2) is 7.86. The molecule has 0 N–H and O–H groups in total. The van der Waals surface area contributed by atoms with Crippen LogP contribution in [0.5, 0.6) is 0 Å². The molecule has 0 amide bonds. The molecule has 2 unspecified atom stereocenters. The highest BCUT2D eigenvalue weighted by atomic mass is 16.5. The maximum absolute atomic E-state index is 5.87. The van der Waals surface area contributed by atoms with Crippen molar-refractivity contribution in [2.45, 2.75) is 51.2 Å². The lowest BCUT2D eigenvalue weighted by molar-refractivity contribution is -0.0597. The van der Waals surface area contributed by atoms with Gasteiger partial charge < -0.3 is 9.47 Å². The first-order chi connectivity index (χ1) is 13.0. The van der Waals surface area contributed by atoms with Crippen LogP contribution in [0.1, 0.15) is 50.3 Å². The van der Waals surface area contributed by atoms with Gasteiger partial charge in [0.05, 0.1) is 17.7 Å². The van der Waals surface area contributed by atoms with Gasteiger partial charge in [0.15, 0.2) is 0 Å². The van der Waals surface area contributed by atoms with E-state index < -0.39 is 0 Å². The number of fused-ring (bicyclic) bond motifs is 1. The molecule has 0 spiro atoms. The van der Waals surface area contributed by atoms with Crippen LogP contribution in [0.2, 0.25) is 0 Å². The van der Waals surface area contributed by atoms with Crippen LogP contribution < -0.4 is 0 Å². The average molecular weight is 369 g/mol. The Hall–Kier alpha value is -1.49. The molecule has 3 heterocycles. The molecular formula is C23H32N2O2. The van der Waals surface area contributed by atoms with Crippen LogP contribution in [0.15, 0.2) is 30.3 Å². The minimum absolute atomic E-state index is 0.0419. The average Bonchev–Trinajstić information content (AvgIpc) is 3.08. The Bertz CT molecular complexity index is 789. The van der Waals surface area contributed by atoms with Gasteiger partial charge in [-0.2, -0.15) is 0 Å². The number of benzene rings is 1. The molecule has 1 aromatic heterocycles. The molecule has 2 atom stereocenters. The Balaban J connectivity index is 1.46. The first kappa shape index (κ1) is 18.9. The van der Waals surface area contributed by atoms with Crippen molar-refractivity contribution in [1.82, 2.24) is 9.88 Å². The molecule has 2 aliphatic rings. The molecule has 0 aliphatic carbocycles. The molecule has 2 saturated heterocycles. The van der Waals surface area contributed by atoms with Gasteiger partial charge in [0.25, 0.3) is 0 Å². The second-order valence-electron chi connectivity index (χ2n) is 8.91. The van der Waals surface area contributed by atoms with E-state index >= 15 is 0 Å². The number of pyridine rings is 1. The molecule has 4 nitrogen and oxygen atoms in total. The van der Waals surface area contributed by atoms with Crippen LogP contribution in [0.3, 0.4) is 0 Å². The Kier molecular flexibility index (Phi) is 5.49. The van der Waals surface area contributed by atoms with Gasteiger partial charge >= 0.3 is 0 Å². The lowest BCUT2D eigenvalue weighted by atomic mass is 9.86. The van der Waals surface area contributed by atoms with E-state index in [0.717, 1.165) is 44.7 Å². The standard InChI is InChI=1S/C23H32N2O2/c1-23(2)13-20(9-11-27-23)22-7-5-19-12-17(4-6-21(19)24-22)14-25-10-8-18(15-25)16-26-3/h4-7,12,18,20H,8-11,13-16H2,1-3H3. The number of hydrogen-bond acceptors (Lipinski definition) is 4. The van der Waals surface area contributed by atoms with E-state index in [0.29, 0.717) is 11.8 Å². The van der Waals surface area contributed by atoms with Crippen molar-refractivity contribution >= 4 is 10.9 Å². The van der Waals surface area contributed by atoms with Gasteiger partial charge in [-0.25, -0.2) is 0 Å². The van der Waals surface area contributed by atoms with E-state index in [-0.39, 0.29) is 5.60 Å². The smallest absolute Gasteiger partial charge is 0.0705 e. The summed E-state index contributed by atoms with van der Waals surface area (Å²) in [6.07, 6.45) is 3.35. The Morgan fingerprint density at radius 3 is 2.93 bits per heavy atom. The molecular weight excluding hydrogens is 336 g/mol. The quantitative estimate of drug-likeness (QED) is 0.785. The summed E-state index contributed by atoms with van der Waals surface area (Å²) >= 11 is 0. The van der Waals surface area contributed by atoms with Gasteiger partial charge in [-0.15, -0.1) is 0 Å². The molecule has 1 aromatic carbocycles. The monoisotopic (exact) mass is 368 g/mol. The SMILES string of the molecule is COCC1CCN(Cc2ccc3nc(C4CCOC(C)(C)C4)ccc3c2)C1. The summed E-state index contributed by atoms with van der Waals surface area (Å²) in [5.74, 6) is 1.18. The number of hydrogen-bond donors (Lipinski definition) is 0. The summed E-state index contributed by atoms with van der Waals surface area (Å²) in [4.78, 5) is 7.53. The summed E-state index contributed by atoms with van der Waals surface area (Å²) in [5, 5.41) is 1.25. The highest BCUT2D eigenvalue weighted by Gasteiger charge is 2.30. The fourth-order valence-electron chi connectivity index (χ4n) is 4.69. The van der Waals surface area contributed by atoms with E-state index in [2.05, 4.69) is 49.1 Å². The van der Waals surface area contributed by atoms with Gasteiger partial charge in [0.1, 0.15) is 0 Å². The maximum Gasteiger partial charge on any atom is 0.0705 e. The number of methoxy groups -OCH3 is 1. The zero-order valence-electron chi connectivity index (χ0n) is 16.9. The van der Waals surface area contributed by atoms with Crippen LogP contribution in [0, 0.1) is 5.92 Å². The maximum atomic E-state index is 5.87. The third-order valence-corrected chi connectivity index (χ3v) is 6.07. The van der Waals surface area contributed by atoms with E-state index in [1.54, 1.807) is 7.11 Å². The predicted molar refractivity (Wildman–Crippen MR) is 109 cm³/mol. The van der Waals surface area contributed by atoms with Crippen molar-refractivity contribution in [2.24, 2.45) is 5.92 Å². The number of ether oxygens (including phenoxy) is 2. The van der Waals surface area contributed by atoms with Crippen molar-refractivity contribution < 1.29 is 9.47 Å². The number of rotatable bonds is 5. The van der Waals surface area contributed by atoms with Crippen molar-refractivity contribution in [3.8, 4) is 0 Å². The van der Waals surface area contributed by atoms with E-state index in [1.165, 1.54) is 29.6 Å². The van der Waals surface area contributed by atoms with Crippen molar-refractivity contribution in [2.75, 3.05) is 33.4 Å². The first-order valence-electron chi connectivity index (χ1n) is 10.3. The number of aromatic nitrogens is 1.